The number of benzene rings is 7. The number of anilines is 1. The van der Waals surface area contributed by atoms with Crippen molar-refractivity contribution in [3.8, 4) is 16.8 Å². The Bertz CT molecular complexity index is 3250. The van der Waals surface area contributed by atoms with Crippen molar-refractivity contribution in [3.63, 3.8) is 0 Å². The number of rotatable bonds is 9. The van der Waals surface area contributed by atoms with Crippen molar-refractivity contribution in [3.05, 3.63) is 239 Å². The zero-order valence-corrected chi connectivity index (χ0v) is 40.4. The van der Waals surface area contributed by atoms with Gasteiger partial charge in [-0.3, -0.25) is 10.6 Å². The average molecular weight is 898 g/mol. The van der Waals surface area contributed by atoms with Gasteiger partial charge in [-0.25, -0.2) is 0 Å². The summed E-state index contributed by atoms with van der Waals surface area (Å²) in [5.41, 5.74) is 20.7. The van der Waals surface area contributed by atoms with Gasteiger partial charge in [0.25, 0.3) is 0 Å². The van der Waals surface area contributed by atoms with E-state index >= 15 is 0 Å². The maximum absolute atomic E-state index is 6.96. The van der Waals surface area contributed by atoms with Crippen LogP contribution in [0.4, 0.5) is 5.69 Å². The van der Waals surface area contributed by atoms with Crippen LogP contribution in [0.5, 0.6) is 0 Å². The maximum atomic E-state index is 6.96. The summed E-state index contributed by atoms with van der Waals surface area (Å²) in [6, 6.07) is 58.8. The minimum atomic E-state index is -0.392. The molecule has 0 amide bonds. The van der Waals surface area contributed by atoms with Crippen LogP contribution in [0.2, 0.25) is 0 Å². The van der Waals surface area contributed by atoms with E-state index in [1.54, 1.807) is 0 Å². The third-order valence-corrected chi connectivity index (χ3v) is 13.4. The van der Waals surface area contributed by atoms with Crippen LogP contribution >= 0.6 is 13.5 Å². The molecular formula is C61H63N5S. The molecule has 0 radical (unpaired) electrons. The number of nitrogens with zero attached hydrogens (tertiary/aromatic N) is 2. The highest BCUT2D eigenvalue weighted by Crippen LogP contribution is 2.49. The molecule has 3 atom stereocenters. The molecular weight excluding hydrogens is 835 g/mol. The lowest BCUT2D eigenvalue weighted by Crippen LogP contribution is -2.41. The van der Waals surface area contributed by atoms with E-state index in [2.05, 4.69) is 224 Å². The van der Waals surface area contributed by atoms with Crippen LogP contribution in [-0.4, -0.2) is 4.57 Å². The van der Waals surface area contributed by atoms with E-state index in [1.807, 2.05) is 32.0 Å². The molecule has 0 fully saturated rings. The Morgan fingerprint density at radius 2 is 1.34 bits per heavy atom. The predicted octanol–water partition coefficient (Wildman–Crippen LogP) is 13.3. The van der Waals surface area contributed by atoms with Crippen molar-refractivity contribution in [1.29, 1.82) is 0 Å². The second-order valence-corrected chi connectivity index (χ2v) is 17.9. The van der Waals surface area contributed by atoms with Gasteiger partial charge in [0.1, 0.15) is 0 Å². The summed E-state index contributed by atoms with van der Waals surface area (Å²) >= 11 is 0. The van der Waals surface area contributed by atoms with E-state index in [9.17, 15) is 0 Å². The molecule has 2 heterocycles. The van der Waals surface area contributed by atoms with E-state index in [1.165, 1.54) is 33.0 Å². The van der Waals surface area contributed by atoms with Crippen LogP contribution in [0.15, 0.2) is 200 Å². The zero-order chi connectivity index (χ0) is 46.0. The molecule has 1 aliphatic carbocycles. The topological polar surface area (TPSA) is 58.3 Å². The van der Waals surface area contributed by atoms with E-state index in [0.717, 1.165) is 73.5 Å². The number of hydrogen-bond acceptors (Lipinski definition) is 4. The fraction of sp³-hybridized carbons (Fsp3) is 0.180. The van der Waals surface area contributed by atoms with E-state index < -0.39 is 6.17 Å². The SMILES string of the molecule is C=C1/C=c2\c(n(-c3cccc(C(C)NC(NC(N)c4ccccc4)c4ccc5c(c4)C(C)(C)c4ccccc4-5)c3)c3ccccc23)=C/N(c2ccc3ccccc3c2)/C=C\CCC1=C.CC.S. The van der Waals surface area contributed by atoms with Crippen LogP contribution in [0.25, 0.3) is 50.8 Å². The lowest BCUT2D eigenvalue weighted by atomic mass is 9.82. The smallest absolute Gasteiger partial charge is 0.0854 e. The second-order valence-electron chi connectivity index (χ2n) is 17.9. The van der Waals surface area contributed by atoms with Gasteiger partial charge in [-0.1, -0.05) is 180 Å². The minimum Gasteiger partial charge on any atom is -0.322 e. The third-order valence-electron chi connectivity index (χ3n) is 13.4. The van der Waals surface area contributed by atoms with Crippen LogP contribution in [0.1, 0.15) is 93.7 Å². The molecule has 7 aromatic carbocycles. The van der Waals surface area contributed by atoms with Gasteiger partial charge in [0.05, 0.1) is 23.2 Å². The number of aromatic nitrogens is 1. The van der Waals surface area contributed by atoms with E-state index in [4.69, 9.17) is 5.73 Å². The number of fused-ring (bicyclic) bond motifs is 7. The zero-order valence-electron chi connectivity index (χ0n) is 39.4. The van der Waals surface area contributed by atoms with Gasteiger partial charge in [0, 0.05) is 45.8 Å². The predicted molar refractivity (Wildman–Crippen MR) is 291 cm³/mol. The number of allylic oxidation sites excluding steroid dienone is 3. The lowest BCUT2D eigenvalue weighted by molar-refractivity contribution is 0.356. The van der Waals surface area contributed by atoms with Crippen LogP contribution in [-0.2, 0) is 5.41 Å². The first-order valence-corrected chi connectivity index (χ1v) is 23.5. The third kappa shape index (κ3) is 9.23. The summed E-state index contributed by atoms with van der Waals surface area (Å²) in [4.78, 5) is 2.27. The Hall–Kier alpha value is -6.67. The summed E-state index contributed by atoms with van der Waals surface area (Å²) in [7, 11) is 0. The fourth-order valence-electron chi connectivity index (χ4n) is 9.75. The number of nitrogens with one attached hydrogen (secondary N) is 2. The molecule has 10 rings (SSSR count). The molecule has 6 heteroatoms. The quantitative estimate of drug-likeness (QED) is 0.126. The first-order valence-electron chi connectivity index (χ1n) is 23.5. The Balaban J connectivity index is 0.00000200. The normalized spacial score (nSPS) is 16.8. The van der Waals surface area contributed by atoms with Crippen molar-refractivity contribution >= 4 is 53.1 Å². The highest BCUT2D eigenvalue weighted by molar-refractivity contribution is 7.59. The summed E-state index contributed by atoms with van der Waals surface area (Å²) in [6.45, 7) is 19.9. The van der Waals surface area contributed by atoms with Gasteiger partial charge in [0.2, 0.25) is 0 Å². The minimum absolute atomic E-state index is 0. The van der Waals surface area contributed by atoms with Gasteiger partial charge < -0.3 is 15.2 Å². The molecule has 5 nitrogen and oxygen atoms in total. The highest BCUT2D eigenvalue weighted by Gasteiger charge is 2.36. The monoisotopic (exact) mass is 897 g/mol. The van der Waals surface area contributed by atoms with Gasteiger partial charge >= 0.3 is 0 Å². The Labute approximate surface area is 403 Å². The number of para-hydroxylation sites is 1. The lowest BCUT2D eigenvalue weighted by Gasteiger charge is -2.30. The van der Waals surface area contributed by atoms with Crippen molar-refractivity contribution in [1.82, 2.24) is 15.2 Å². The van der Waals surface area contributed by atoms with Gasteiger partial charge in [0.15, 0.2) is 0 Å². The van der Waals surface area contributed by atoms with E-state index in [-0.39, 0.29) is 31.1 Å². The summed E-state index contributed by atoms with van der Waals surface area (Å²) < 4.78 is 2.40. The maximum Gasteiger partial charge on any atom is 0.0854 e. The van der Waals surface area contributed by atoms with Crippen molar-refractivity contribution in [2.45, 2.75) is 71.2 Å². The second kappa shape index (κ2) is 20.1. The summed E-state index contributed by atoms with van der Waals surface area (Å²) in [6.07, 6.45) is 10.00. The molecule has 8 aromatic rings. The average Bonchev–Trinajstić information content (AvgIpc) is 3.78. The van der Waals surface area contributed by atoms with Crippen molar-refractivity contribution in [2.75, 3.05) is 4.90 Å². The number of hydrogen-bond donors (Lipinski definition) is 3. The van der Waals surface area contributed by atoms with Gasteiger partial charge in [-0.05, 0) is 117 Å². The summed E-state index contributed by atoms with van der Waals surface area (Å²) in [5.74, 6) is 0. The van der Waals surface area contributed by atoms with Crippen molar-refractivity contribution < 1.29 is 0 Å². The molecule has 0 bridgehead atoms. The molecule has 338 valence electrons. The summed E-state index contributed by atoms with van der Waals surface area (Å²) in [5, 5.41) is 13.5. The van der Waals surface area contributed by atoms with Crippen LogP contribution in [0.3, 0.4) is 0 Å². The fourth-order valence-corrected chi connectivity index (χ4v) is 9.75. The molecule has 4 N–H and O–H groups in total. The molecule has 0 spiro atoms. The first-order chi connectivity index (χ1) is 32.1. The molecule has 1 aliphatic heterocycles. The molecule has 2 aliphatic rings. The van der Waals surface area contributed by atoms with Crippen molar-refractivity contribution in [2.24, 2.45) is 5.73 Å². The van der Waals surface area contributed by atoms with Crippen LogP contribution in [0, 0.1) is 0 Å². The first kappa shape index (κ1) is 46.8. The highest BCUT2D eigenvalue weighted by atomic mass is 32.1. The standard InChI is InChI=1S/C59H55N5.C2H6.H2S/c1-39-18-15-16-33-63(47-31-29-42-19-9-10-22-45(42)36-47)38-56-52(34-40(39)2)51-26-12-14-28-55(51)64(56)48-24-17-23-44(35-48)41(3)61-58(62-57(60)43-20-7-6-8-21-43)46-30-32-50-49-25-11-13-27-53(49)59(4,5)54(50)37-46;1-2;/h6-14,16-17,19-38,41,57-58,61-62H,1-2,15,18,60H2,3-5H3;1-2H3;1H2/b33-16-,52-34-,56-38+;;. The molecule has 0 saturated carbocycles. The van der Waals surface area contributed by atoms with Crippen LogP contribution < -0.4 is 31.8 Å². The molecule has 0 saturated heterocycles. The Kier molecular flexibility index (Phi) is 14.0. The largest absolute Gasteiger partial charge is 0.322 e. The number of nitrogens with two attached hydrogens (primary N) is 1. The Morgan fingerprint density at radius 1 is 0.642 bits per heavy atom. The molecule has 1 aromatic heterocycles. The van der Waals surface area contributed by atoms with E-state index in [0.29, 0.717) is 0 Å². The Morgan fingerprint density at radius 3 is 2.16 bits per heavy atom. The molecule has 67 heavy (non-hydrogen) atoms. The van der Waals surface area contributed by atoms with Gasteiger partial charge in [-0.2, -0.15) is 13.5 Å². The van der Waals surface area contributed by atoms with Gasteiger partial charge in [-0.15, -0.1) is 0 Å². The molecule has 3 unspecified atom stereocenters.